The van der Waals surface area contributed by atoms with E-state index in [2.05, 4.69) is 9.62 Å². The van der Waals surface area contributed by atoms with Crippen molar-refractivity contribution in [2.24, 2.45) is 0 Å². The lowest BCUT2D eigenvalue weighted by Crippen LogP contribution is -2.44. The van der Waals surface area contributed by atoms with Gasteiger partial charge in [-0.25, -0.2) is 9.10 Å². The Bertz CT molecular complexity index is 877. The van der Waals surface area contributed by atoms with Crippen molar-refractivity contribution in [1.82, 2.24) is 4.31 Å². The molecule has 2 aliphatic heterocycles. The lowest BCUT2D eigenvalue weighted by Gasteiger charge is -2.37. The smallest absolute Gasteiger partial charge is 0.335 e. The minimum atomic E-state index is -0.974. The zero-order valence-electron chi connectivity index (χ0n) is 13.9. The Morgan fingerprint density at radius 1 is 1.15 bits per heavy atom. The third-order valence-electron chi connectivity index (χ3n) is 5.09. The molecule has 1 spiro atoms. The van der Waals surface area contributed by atoms with Crippen LogP contribution in [0.3, 0.4) is 0 Å². The van der Waals surface area contributed by atoms with Crippen molar-refractivity contribution >= 4 is 41.1 Å². The number of fused-ring (bicyclic) bond motifs is 2. The predicted molar refractivity (Wildman–Crippen MR) is 102 cm³/mol. The van der Waals surface area contributed by atoms with E-state index in [1.54, 1.807) is 24.1 Å². The molecule has 1 fully saturated rings. The van der Waals surface area contributed by atoms with Crippen molar-refractivity contribution in [2.45, 2.75) is 23.2 Å². The average Bonchev–Trinajstić information content (AvgIpc) is 2.90. The van der Waals surface area contributed by atoms with Crippen molar-refractivity contribution in [3.05, 3.63) is 58.6 Å². The van der Waals surface area contributed by atoms with Gasteiger partial charge in [0.1, 0.15) is 0 Å². The Balaban J connectivity index is 1.53. The zero-order valence-corrected chi connectivity index (χ0v) is 15.4. The van der Waals surface area contributed by atoms with Crippen LogP contribution in [0.15, 0.2) is 47.4 Å². The van der Waals surface area contributed by atoms with E-state index in [0.29, 0.717) is 17.9 Å². The standard InChI is InChI=1S/C19H17ClN2O3S/c20-13-2-4-14(5-3-13)26-22-9-7-19(8-10-22)15-11-12(17(23)24)1-6-16(15)21-18(19)25/h1-6,11H,7-10H2,(H,21,25)(H,23,24). The molecule has 0 aromatic heterocycles. The summed E-state index contributed by atoms with van der Waals surface area (Å²) in [5, 5.41) is 12.9. The maximum absolute atomic E-state index is 12.7. The molecule has 0 radical (unpaired) electrons. The van der Waals surface area contributed by atoms with Gasteiger partial charge in [-0.15, -0.1) is 0 Å². The number of nitrogens with zero attached hydrogens (tertiary/aromatic N) is 1. The summed E-state index contributed by atoms with van der Waals surface area (Å²) in [4.78, 5) is 25.1. The molecule has 2 N–H and O–H groups in total. The number of carboxylic acids is 1. The second kappa shape index (κ2) is 6.61. The highest BCUT2D eigenvalue weighted by Crippen LogP contribution is 2.46. The number of piperidine rings is 1. The lowest BCUT2D eigenvalue weighted by atomic mass is 9.74. The number of rotatable bonds is 3. The van der Waals surface area contributed by atoms with Gasteiger partial charge in [0.05, 0.1) is 11.0 Å². The molecule has 134 valence electrons. The second-order valence-electron chi connectivity index (χ2n) is 6.58. The Hall–Kier alpha value is -2.02. The molecule has 5 nitrogen and oxygen atoms in total. The van der Waals surface area contributed by atoms with Crippen molar-refractivity contribution in [3.63, 3.8) is 0 Å². The summed E-state index contributed by atoms with van der Waals surface area (Å²) in [6.45, 7) is 1.49. The molecule has 7 heteroatoms. The normalized spacial score (nSPS) is 18.6. The summed E-state index contributed by atoms with van der Waals surface area (Å²) in [6.07, 6.45) is 1.32. The van der Waals surface area contributed by atoms with Gasteiger partial charge in [0.15, 0.2) is 0 Å². The van der Waals surface area contributed by atoms with Crippen LogP contribution in [0.2, 0.25) is 5.02 Å². The predicted octanol–water partition coefficient (Wildman–Crippen LogP) is 4.03. The number of nitrogens with one attached hydrogen (secondary N) is 1. The SMILES string of the molecule is O=C(O)c1ccc2c(c1)C1(CCN(Sc3ccc(Cl)cc3)CC1)C(=O)N2. The Kier molecular flexibility index (Phi) is 4.42. The van der Waals surface area contributed by atoms with Gasteiger partial charge in [0, 0.05) is 28.7 Å². The number of amides is 1. The third-order valence-corrected chi connectivity index (χ3v) is 6.45. The van der Waals surface area contributed by atoms with Crippen LogP contribution >= 0.6 is 23.5 Å². The highest BCUT2D eigenvalue weighted by Gasteiger charge is 2.48. The van der Waals surface area contributed by atoms with E-state index in [1.165, 1.54) is 6.07 Å². The largest absolute Gasteiger partial charge is 0.478 e. The quantitative estimate of drug-likeness (QED) is 0.777. The molecule has 0 saturated carbocycles. The van der Waals surface area contributed by atoms with Crippen LogP contribution in [-0.2, 0) is 10.2 Å². The van der Waals surface area contributed by atoms with E-state index in [-0.39, 0.29) is 11.5 Å². The Morgan fingerprint density at radius 2 is 1.85 bits per heavy atom. The summed E-state index contributed by atoms with van der Waals surface area (Å²) < 4.78 is 2.24. The summed E-state index contributed by atoms with van der Waals surface area (Å²) in [6, 6.07) is 12.6. The first-order valence-corrected chi connectivity index (χ1v) is 9.51. The molecule has 0 aliphatic carbocycles. The monoisotopic (exact) mass is 388 g/mol. The molecule has 2 aromatic rings. The van der Waals surface area contributed by atoms with E-state index < -0.39 is 11.4 Å². The molecule has 2 heterocycles. The molecule has 2 aliphatic rings. The van der Waals surface area contributed by atoms with Crippen molar-refractivity contribution in [1.29, 1.82) is 0 Å². The maximum Gasteiger partial charge on any atom is 0.335 e. The number of carbonyl (C=O) groups is 2. The zero-order chi connectivity index (χ0) is 18.3. The van der Waals surface area contributed by atoms with Gasteiger partial charge in [-0.05, 0) is 72.8 Å². The number of hydrogen-bond donors (Lipinski definition) is 2. The van der Waals surface area contributed by atoms with Crippen LogP contribution in [0, 0.1) is 0 Å². The van der Waals surface area contributed by atoms with Crippen LogP contribution < -0.4 is 5.32 Å². The molecular formula is C19H17ClN2O3S. The van der Waals surface area contributed by atoms with Crippen molar-refractivity contribution in [2.75, 3.05) is 18.4 Å². The van der Waals surface area contributed by atoms with E-state index in [9.17, 15) is 14.7 Å². The van der Waals surface area contributed by atoms with Crippen LogP contribution in [0.1, 0.15) is 28.8 Å². The molecule has 2 aromatic carbocycles. The first kappa shape index (κ1) is 17.4. The molecule has 0 unspecified atom stereocenters. The minimum absolute atomic E-state index is 0.0221. The molecule has 0 bridgehead atoms. The Morgan fingerprint density at radius 3 is 2.50 bits per heavy atom. The third kappa shape index (κ3) is 2.98. The maximum atomic E-state index is 12.7. The molecule has 0 atom stereocenters. The van der Waals surface area contributed by atoms with Crippen LogP contribution in [0.4, 0.5) is 5.69 Å². The fraction of sp³-hybridized carbons (Fsp3) is 0.263. The molecule has 1 saturated heterocycles. The number of benzene rings is 2. The van der Waals surface area contributed by atoms with E-state index in [1.807, 2.05) is 24.3 Å². The molecule has 26 heavy (non-hydrogen) atoms. The van der Waals surface area contributed by atoms with Gasteiger partial charge in [-0.3, -0.25) is 4.79 Å². The summed E-state index contributed by atoms with van der Waals surface area (Å²) >= 11 is 7.58. The van der Waals surface area contributed by atoms with Gasteiger partial charge in [0.2, 0.25) is 5.91 Å². The van der Waals surface area contributed by atoms with Gasteiger partial charge in [0.25, 0.3) is 0 Å². The number of hydrogen-bond acceptors (Lipinski definition) is 4. The highest BCUT2D eigenvalue weighted by molar-refractivity contribution is 7.97. The Labute approximate surface area is 160 Å². The number of aromatic carboxylic acids is 1. The number of carboxylic acid groups (broad SMARTS) is 1. The molecular weight excluding hydrogens is 372 g/mol. The summed E-state index contributed by atoms with van der Waals surface area (Å²) in [7, 11) is 0. The fourth-order valence-electron chi connectivity index (χ4n) is 3.65. The van der Waals surface area contributed by atoms with Gasteiger partial charge < -0.3 is 10.4 Å². The molecule has 4 rings (SSSR count). The van der Waals surface area contributed by atoms with E-state index in [4.69, 9.17) is 11.6 Å². The molecule has 1 amide bonds. The van der Waals surface area contributed by atoms with Crippen molar-refractivity contribution in [3.8, 4) is 0 Å². The number of anilines is 1. The van der Waals surface area contributed by atoms with Gasteiger partial charge in [-0.2, -0.15) is 0 Å². The van der Waals surface area contributed by atoms with Gasteiger partial charge in [-0.1, -0.05) is 11.6 Å². The van der Waals surface area contributed by atoms with Crippen LogP contribution in [0.5, 0.6) is 0 Å². The topological polar surface area (TPSA) is 69.6 Å². The summed E-state index contributed by atoms with van der Waals surface area (Å²) in [5.74, 6) is -0.996. The number of halogens is 1. The first-order valence-electron chi connectivity index (χ1n) is 8.36. The highest BCUT2D eigenvalue weighted by atomic mass is 35.5. The van der Waals surface area contributed by atoms with Crippen molar-refractivity contribution < 1.29 is 14.7 Å². The summed E-state index contributed by atoms with van der Waals surface area (Å²) in [5.41, 5.74) is 1.15. The second-order valence-corrected chi connectivity index (χ2v) is 8.18. The van der Waals surface area contributed by atoms with Crippen LogP contribution in [-0.4, -0.2) is 34.4 Å². The van der Waals surface area contributed by atoms with E-state index in [0.717, 1.165) is 29.2 Å². The minimum Gasteiger partial charge on any atom is -0.478 e. The first-order chi connectivity index (χ1) is 12.5. The number of carbonyl (C=O) groups excluding carboxylic acids is 1. The lowest BCUT2D eigenvalue weighted by molar-refractivity contribution is -0.122. The van der Waals surface area contributed by atoms with Gasteiger partial charge >= 0.3 is 5.97 Å². The average molecular weight is 389 g/mol. The van der Waals surface area contributed by atoms with Crippen LogP contribution in [0.25, 0.3) is 0 Å². The van der Waals surface area contributed by atoms with E-state index >= 15 is 0 Å². The fourth-order valence-corrected chi connectivity index (χ4v) is 4.69.